The number of benzene rings is 1. The number of rotatable bonds is 7. The van der Waals surface area contributed by atoms with Crippen molar-refractivity contribution in [1.82, 2.24) is 20.4 Å². The number of hydrogen-bond donors (Lipinski definition) is 4. The van der Waals surface area contributed by atoms with Crippen molar-refractivity contribution in [1.29, 1.82) is 0 Å². The first-order valence-electron chi connectivity index (χ1n) is 9.02. The molecular formula is C18H15N5O6S3. The normalized spacial score (nSPS) is 20.6. The highest BCUT2D eigenvalue weighted by atomic mass is 32.2. The molecule has 2 atom stereocenters. The second-order valence-electron chi connectivity index (χ2n) is 6.61. The number of oxime groups is 1. The standard InChI is InChI=1S/C18H15N5O6S3/c24-10-3-1-8(2-4-10)11(22-29)14(25)20-12-15(26)23-13(17(27)28)9(5-30-16(12)23)6-31-18-21-19-7-32-18/h1-4,7,12,16,24,29H,5-6H2,(H,20,25)(H,27,28)/b22-11+/t12?,16-/m1/s1. The van der Waals surface area contributed by atoms with Crippen molar-refractivity contribution in [3.63, 3.8) is 0 Å². The summed E-state index contributed by atoms with van der Waals surface area (Å²) in [5, 5.41) is 41.0. The summed E-state index contributed by atoms with van der Waals surface area (Å²) in [5.74, 6) is -1.89. The summed E-state index contributed by atoms with van der Waals surface area (Å²) in [6.45, 7) is 0. The molecular weight excluding hydrogens is 478 g/mol. The fraction of sp³-hybridized carbons (Fsp3) is 0.222. The van der Waals surface area contributed by atoms with E-state index in [1.54, 1.807) is 5.51 Å². The van der Waals surface area contributed by atoms with E-state index >= 15 is 0 Å². The van der Waals surface area contributed by atoms with Crippen LogP contribution in [-0.4, -0.2) is 76.9 Å². The van der Waals surface area contributed by atoms with Crippen LogP contribution in [0.5, 0.6) is 5.75 Å². The van der Waals surface area contributed by atoms with Gasteiger partial charge in [0.2, 0.25) is 0 Å². The summed E-state index contributed by atoms with van der Waals surface area (Å²) in [6, 6.07) is 4.47. The lowest BCUT2D eigenvalue weighted by Gasteiger charge is -2.49. The van der Waals surface area contributed by atoms with E-state index in [-0.39, 0.29) is 22.7 Å². The minimum Gasteiger partial charge on any atom is -0.508 e. The first-order valence-corrected chi connectivity index (χ1v) is 11.9. The third-order valence-corrected chi connectivity index (χ3v) is 7.99. The third kappa shape index (κ3) is 4.16. The molecule has 1 aromatic heterocycles. The molecule has 1 fully saturated rings. The number of carboxylic acids is 1. The molecule has 14 heteroatoms. The number of carbonyl (C=O) groups is 3. The van der Waals surface area contributed by atoms with Crippen LogP contribution in [0.15, 0.2) is 50.5 Å². The van der Waals surface area contributed by atoms with Crippen molar-refractivity contribution < 1.29 is 29.8 Å². The van der Waals surface area contributed by atoms with Gasteiger partial charge in [-0.25, -0.2) is 4.79 Å². The smallest absolute Gasteiger partial charge is 0.352 e. The Morgan fingerprint density at radius 3 is 2.69 bits per heavy atom. The highest BCUT2D eigenvalue weighted by Gasteiger charge is 2.54. The number of amides is 2. The Hall–Kier alpha value is -3.10. The average molecular weight is 494 g/mol. The average Bonchev–Trinajstić information content (AvgIpc) is 3.30. The van der Waals surface area contributed by atoms with E-state index < -0.39 is 29.2 Å². The van der Waals surface area contributed by atoms with Crippen molar-refractivity contribution in [3.8, 4) is 5.75 Å². The predicted molar refractivity (Wildman–Crippen MR) is 117 cm³/mol. The summed E-state index contributed by atoms with van der Waals surface area (Å²) >= 11 is 4.02. The molecule has 0 aliphatic carbocycles. The third-order valence-electron chi connectivity index (χ3n) is 4.70. The molecule has 2 aliphatic heterocycles. The highest BCUT2D eigenvalue weighted by Crippen LogP contribution is 2.41. The highest BCUT2D eigenvalue weighted by molar-refractivity contribution is 8.01. The zero-order valence-corrected chi connectivity index (χ0v) is 18.5. The van der Waals surface area contributed by atoms with E-state index in [9.17, 15) is 29.8 Å². The van der Waals surface area contributed by atoms with Crippen LogP contribution in [0.1, 0.15) is 5.56 Å². The zero-order valence-electron chi connectivity index (χ0n) is 16.0. The number of β-lactam (4-membered cyclic amide) rings is 1. The van der Waals surface area contributed by atoms with E-state index in [0.29, 0.717) is 21.4 Å². The molecule has 32 heavy (non-hydrogen) atoms. The molecule has 0 saturated carbocycles. The lowest BCUT2D eigenvalue weighted by Crippen LogP contribution is -2.71. The molecule has 2 aliphatic rings. The Kier molecular flexibility index (Phi) is 6.34. The van der Waals surface area contributed by atoms with Crippen molar-refractivity contribution >= 4 is 58.4 Å². The number of thioether (sulfide) groups is 2. The zero-order chi connectivity index (χ0) is 22.8. The van der Waals surface area contributed by atoms with E-state index in [1.807, 2.05) is 0 Å². The number of carbonyl (C=O) groups excluding carboxylic acids is 2. The molecule has 166 valence electrons. The Morgan fingerprint density at radius 1 is 1.31 bits per heavy atom. The van der Waals surface area contributed by atoms with Gasteiger partial charge >= 0.3 is 5.97 Å². The number of aliphatic carboxylic acids is 1. The number of phenolic OH excluding ortho intramolecular Hbond substituents is 1. The number of fused-ring (bicyclic) bond motifs is 1. The van der Waals surface area contributed by atoms with Gasteiger partial charge in [-0.1, -0.05) is 28.3 Å². The fourth-order valence-electron chi connectivity index (χ4n) is 3.23. The Labute approximate surface area is 193 Å². The molecule has 4 rings (SSSR count). The number of phenols is 1. The maximum Gasteiger partial charge on any atom is 0.352 e. The van der Waals surface area contributed by atoms with Gasteiger partial charge in [0.05, 0.1) is 0 Å². The maximum absolute atomic E-state index is 12.8. The van der Waals surface area contributed by atoms with Crippen LogP contribution >= 0.6 is 34.9 Å². The van der Waals surface area contributed by atoms with Crippen LogP contribution < -0.4 is 5.32 Å². The molecule has 3 heterocycles. The van der Waals surface area contributed by atoms with Gasteiger partial charge in [-0.15, -0.1) is 22.0 Å². The SMILES string of the molecule is O=C(O)C1=C(CSc2nncs2)CS[C@@H]2C(NC(=O)/C(=N/O)c3ccc(O)cc3)C(=O)N12. The molecule has 1 saturated heterocycles. The van der Waals surface area contributed by atoms with E-state index in [4.69, 9.17) is 0 Å². The van der Waals surface area contributed by atoms with E-state index in [0.717, 1.165) is 0 Å². The van der Waals surface area contributed by atoms with Gasteiger partial charge in [0, 0.05) is 17.1 Å². The minimum atomic E-state index is -1.22. The van der Waals surface area contributed by atoms with Crippen molar-refractivity contribution in [2.45, 2.75) is 15.8 Å². The van der Waals surface area contributed by atoms with Crippen molar-refractivity contribution in [2.75, 3.05) is 11.5 Å². The lowest BCUT2D eigenvalue weighted by atomic mass is 10.0. The largest absolute Gasteiger partial charge is 0.508 e. The summed E-state index contributed by atoms with van der Waals surface area (Å²) in [7, 11) is 0. The Bertz CT molecular complexity index is 1120. The quantitative estimate of drug-likeness (QED) is 0.143. The van der Waals surface area contributed by atoms with E-state index in [1.165, 1.54) is 64.0 Å². The van der Waals surface area contributed by atoms with Gasteiger partial charge in [0.15, 0.2) is 10.1 Å². The number of carboxylic acid groups (broad SMARTS) is 1. The molecule has 11 nitrogen and oxygen atoms in total. The first kappa shape index (κ1) is 22.1. The summed E-state index contributed by atoms with van der Waals surface area (Å²) < 4.78 is 0.694. The van der Waals surface area contributed by atoms with Crippen LogP contribution in [0.3, 0.4) is 0 Å². The molecule has 2 aromatic rings. The van der Waals surface area contributed by atoms with Gasteiger partial charge in [-0.3, -0.25) is 14.5 Å². The lowest BCUT2D eigenvalue weighted by molar-refractivity contribution is -0.150. The number of nitrogens with one attached hydrogen (secondary N) is 1. The number of aromatic hydroxyl groups is 1. The van der Waals surface area contributed by atoms with Crippen LogP contribution in [0.2, 0.25) is 0 Å². The predicted octanol–water partition coefficient (Wildman–Crippen LogP) is 0.953. The van der Waals surface area contributed by atoms with Crippen LogP contribution in [0.25, 0.3) is 0 Å². The van der Waals surface area contributed by atoms with Crippen LogP contribution in [-0.2, 0) is 14.4 Å². The molecule has 4 N–H and O–H groups in total. The van der Waals surface area contributed by atoms with Gasteiger partial charge in [-0.2, -0.15) is 0 Å². The number of aromatic nitrogens is 2. The summed E-state index contributed by atoms with van der Waals surface area (Å²) in [4.78, 5) is 38.4. The second kappa shape index (κ2) is 9.18. The van der Waals surface area contributed by atoms with Gasteiger partial charge in [-0.05, 0) is 29.8 Å². The summed E-state index contributed by atoms with van der Waals surface area (Å²) in [6.07, 6.45) is 0. The van der Waals surface area contributed by atoms with Gasteiger partial charge in [0.1, 0.15) is 28.4 Å². The van der Waals surface area contributed by atoms with E-state index in [2.05, 4.69) is 20.7 Å². The summed E-state index contributed by atoms with van der Waals surface area (Å²) in [5.41, 5.74) is 1.98. The van der Waals surface area contributed by atoms with Crippen molar-refractivity contribution in [3.05, 3.63) is 46.6 Å². The minimum absolute atomic E-state index is 0.0251. The molecule has 1 aromatic carbocycles. The Balaban J connectivity index is 1.48. The first-order chi connectivity index (χ1) is 15.4. The van der Waals surface area contributed by atoms with Crippen LogP contribution in [0, 0.1) is 0 Å². The molecule has 2 amide bonds. The van der Waals surface area contributed by atoms with Crippen LogP contribution in [0.4, 0.5) is 0 Å². The number of nitrogens with zero attached hydrogens (tertiary/aromatic N) is 4. The monoisotopic (exact) mass is 493 g/mol. The maximum atomic E-state index is 12.8. The Morgan fingerprint density at radius 2 is 2.06 bits per heavy atom. The molecule has 0 bridgehead atoms. The fourth-order valence-corrected chi connectivity index (χ4v) is 6.21. The second-order valence-corrected chi connectivity index (χ2v) is 9.77. The van der Waals surface area contributed by atoms with Gasteiger partial charge in [0.25, 0.3) is 11.8 Å². The molecule has 0 radical (unpaired) electrons. The van der Waals surface area contributed by atoms with Gasteiger partial charge < -0.3 is 20.7 Å². The molecule has 0 spiro atoms. The number of hydrogen-bond acceptors (Lipinski definition) is 11. The topological polar surface area (TPSA) is 165 Å². The van der Waals surface area contributed by atoms with Crippen molar-refractivity contribution in [2.24, 2.45) is 5.16 Å². The molecule has 1 unspecified atom stereocenters.